The van der Waals surface area contributed by atoms with E-state index in [-0.39, 0.29) is 31.0 Å². The van der Waals surface area contributed by atoms with Gasteiger partial charge >= 0.3 is 5.97 Å². The Morgan fingerprint density at radius 2 is 1.83 bits per heavy atom. The number of ketones is 2. The van der Waals surface area contributed by atoms with Crippen LogP contribution in [0.25, 0.3) is 0 Å². The summed E-state index contributed by atoms with van der Waals surface area (Å²) in [6.45, 7) is 5.28. The monoisotopic (exact) mass is 254 g/mol. The quantitative estimate of drug-likeness (QED) is 0.360. The van der Waals surface area contributed by atoms with Gasteiger partial charge < -0.3 is 4.74 Å². The summed E-state index contributed by atoms with van der Waals surface area (Å²) in [5.74, 6) is -1.91. The van der Waals surface area contributed by atoms with Crippen molar-refractivity contribution in [3.63, 3.8) is 0 Å². The largest absolute Gasteiger partial charge is 0.465 e. The van der Waals surface area contributed by atoms with Crippen LogP contribution in [0.1, 0.15) is 46.5 Å². The van der Waals surface area contributed by atoms with Gasteiger partial charge in [-0.2, -0.15) is 0 Å². The smallest absolute Gasteiger partial charge is 0.316 e. The Bertz CT molecular complexity index is 318. The van der Waals surface area contributed by atoms with Crippen LogP contribution in [0.4, 0.5) is 0 Å². The maximum absolute atomic E-state index is 11.9. The number of esters is 1. The first-order valence-electron chi connectivity index (χ1n) is 6.36. The van der Waals surface area contributed by atoms with Gasteiger partial charge in [0.25, 0.3) is 0 Å². The lowest BCUT2D eigenvalue weighted by atomic mass is 9.95. The Hall–Kier alpha value is -1.45. The van der Waals surface area contributed by atoms with Crippen molar-refractivity contribution in [3.8, 4) is 0 Å². The fourth-order valence-corrected chi connectivity index (χ4v) is 1.54. The number of carbonyl (C=O) groups is 3. The standard InChI is InChI=1S/C14H22O4/c1-4-6-7-8-9-13(16)12(10-11(3)15)14(17)18-5-2/h6-7,12H,4-5,8-10H2,1-3H3/b7-6-. The second kappa shape index (κ2) is 9.57. The van der Waals surface area contributed by atoms with Gasteiger partial charge in [0.2, 0.25) is 0 Å². The molecule has 0 aromatic rings. The number of allylic oxidation sites excluding steroid dienone is 2. The van der Waals surface area contributed by atoms with Gasteiger partial charge in [-0.05, 0) is 26.7 Å². The third-order valence-electron chi connectivity index (χ3n) is 2.41. The van der Waals surface area contributed by atoms with E-state index in [0.717, 1.165) is 6.42 Å². The van der Waals surface area contributed by atoms with Crippen LogP contribution in [0, 0.1) is 5.92 Å². The predicted octanol–water partition coefficient (Wildman–Crippen LogP) is 2.46. The van der Waals surface area contributed by atoms with Crippen molar-refractivity contribution in [2.75, 3.05) is 6.61 Å². The SMILES string of the molecule is CC/C=C\CCC(=O)C(CC(C)=O)C(=O)OCC. The van der Waals surface area contributed by atoms with Crippen molar-refractivity contribution >= 4 is 17.5 Å². The highest BCUT2D eigenvalue weighted by Gasteiger charge is 2.28. The molecule has 18 heavy (non-hydrogen) atoms. The molecule has 102 valence electrons. The molecule has 0 amide bonds. The van der Waals surface area contributed by atoms with Crippen molar-refractivity contribution in [3.05, 3.63) is 12.2 Å². The average molecular weight is 254 g/mol. The Morgan fingerprint density at radius 1 is 1.17 bits per heavy atom. The van der Waals surface area contributed by atoms with E-state index in [1.165, 1.54) is 6.92 Å². The van der Waals surface area contributed by atoms with Crippen LogP contribution in [0.3, 0.4) is 0 Å². The summed E-state index contributed by atoms with van der Waals surface area (Å²) in [6.07, 6.45) is 5.61. The Morgan fingerprint density at radius 3 is 2.33 bits per heavy atom. The molecule has 0 N–H and O–H groups in total. The zero-order valence-electron chi connectivity index (χ0n) is 11.4. The van der Waals surface area contributed by atoms with Crippen LogP contribution in [-0.2, 0) is 19.1 Å². The molecule has 1 atom stereocenters. The number of ether oxygens (including phenoxy) is 1. The molecule has 0 fully saturated rings. The van der Waals surface area contributed by atoms with E-state index in [4.69, 9.17) is 4.74 Å². The maximum Gasteiger partial charge on any atom is 0.316 e. The van der Waals surface area contributed by atoms with Crippen LogP contribution >= 0.6 is 0 Å². The van der Waals surface area contributed by atoms with Crippen LogP contribution in [0.2, 0.25) is 0 Å². The van der Waals surface area contributed by atoms with Gasteiger partial charge in [0.1, 0.15) is 17.5 Å². The molecular formula is C14H22O4. The van der Waals surface area contributed by atoms with Crippen molar-refractivity contribution < 1.29 is 19.1 Å². The Kier molecular flexibility index (Phi) is 8.80. The minimum atomic E-state index is -0.933. The molecule has 4 heteroatoms. The molecule has 0 aliphatic rings. The summed E-state index contributed by atoms with van der Waals surface area (Å²) < 4.78 is 4.82. The van der Waals surface area contributed by atoms with Gasteiger partial charge in [-0.15, -0.1) is 0 Å². The van der Waals surface area contributed by atoms with E-state index in [1.807, 2.05) is 19.1 Å². The summed E-state index contributed by atoms with van der Waals surface area (Å²) in [7, 11) is 0. The molecule has 0 spiro atoms. The first-order chi connectivity index (χ1) is 8.52. The molecule has 0 aromatic carbocycles. The molecule has 4 nitrogen and oxygen atoms in total. The molecule has 0 bridgehead atoms. The zero-order valence-corrected chi connectivity index (χ0v) is 11.4. The first-order valence-corrected chi connectivity index (χ1v) is 6.36. The highest BCUT2D eigenvalue weighted by molar-refractivity contribution is 6.02. The van der Waals surface area contributed by atoms with E-state index < -0.39 is 11.9 Å². The highest BCUT2D eigenvalue weighted by Crippen LogP contribution is 2.12. The molecule has 0 aromatic heterocycles. The molecule has 0 saturated heterocycles. The number of hydrogen-bond acceptors (Lipinski definition) is 4. The number of rotatable bonds is 9. The number of hydrogen-bond donors (Lipinski definition) is 0. The van der Waals surface area contributed by atoms with E-state index in [2.05, 4.69) is 0 Å². The topological polar surface area (TPSA) is 60.4 Å². The first kappa shape index (κ1) is 16.6. The summed E-state index contributed by atoms with van der Waals surface area (Å²) in [5.41, 5.74) is 0. The summed E-state index contributed by atoms with van der Waals surface area (Å²) in [5, 5.41) is 0. The third kappa shape index (κ3) is 6.99. The minimum Gasteiger partial charge on any atom is -0.465 e. The predicted molar refractivity (Wildman–Crippen MR) is 69.1 cm³/mol. The van der Waals surface area contributed by atoms with Crippen molar-refractivity contribution in [2.45, 2.75) is 46.5 Å². The van der Waals surface area contributed by atoms with E-state index >= 15 is 0 Å². The van der Waals surface area contributed by atoms with Crippen LogP contribution in [-0.4, -0.2) is 24.1 Å². The normalized spacial score (nSPS) is 12.4. The summed E-state index contributed by atoms with van der Waals surface area (Å²) >= 11 is 0. The van der Waals surface area contributed by atoms with Crippen LogP contribution in [0.5, 0.6) is 0 Å². The average Bonchev–Trinajstić information content (AvgIpc) is 2.31. The van der Waals surface area contributed by atoms with Gasteiger partial charge in [-0.3, -0.25) is 14.4 Å². The molecule has 0 radical (unpaired) electrons. The maximum atomic E-state index is 11.9. The second-order valence-corrected chi connectivity index (χ2v) is 4.10. The van der Waals surface area contributed by atoms with Crippen molar-refractivity contribution in [2.24, 2.45) is 5.92 Å². The zero-order chi connectivity index (χ0) is 14.0. The lowest BCUT2D eigenvalue weighted by Crippen LogP contribution is -2.28. The highest BCUT2D eigenvalue weighted by atomic mass is 16.5. The number of Topliss-reactive ketones (excluding diaryl/α,β-unsaturated/α-hetero) is 2. The summed E-state index contributed by atoms with van der Waals surface area (Å²) in [4.78, 5) is 34.5. The van der Waals surface area contributed by atoms with Crippen molar-refractivity contribution in [1.82, 2.24) is 0 Å². The van der Waals surface area contributed by atoms with Gasteiger partial charge in [0.15, 0.2) is 0 Å². The van der Waals surface area contributed by atoms with Crippen LogP contribution in [0.15, 0.2) is 12.2 Å². The second-order valence-electron chi connectivity index (χ2n) is 4.10. The van der Waals surface area contributed by atoms with E-state index in [9.17, 15) is 14.4 Å². The fraction of sp³-hybridized carbons (Fsp3) is 0.643. The lowest BCUT2D eigenvalue weighted by Gasteiger charge is -2.12. The van der Waals surface area contributed by atoms with Gasteiger partial charge in [0, 0.05) is 12.8 Å². The molecule has 1 unspecified atom stereocenters. The minimum absolute atomic E-state index is 0.0604. The Balaban J connectivity index is 4.44. The lowest BCUT2D eigenvalue weighted by molar-refractivity contribution is -0.153. The third-order valence-corrected chi connectivity index (χ3v) is 2.41. The molecule has 0 aliphatic carbocycles. The Labute approximate surface area is 108 Å². The van der Waals surface area contributed by atoms with Crippen LogP contribution < -0.4 is 0 Å². The molecule has 0 heterocycles. The molecule has 0 aliphatic heterocycles. The van der Waals surface area contributed by atoms with Gasteiger partial charge in [-0.1, -0.05) is 19.1 Å². The summed E-state index contributed by atoms with van der Waals surface area (Å²) in [6, 6.07) is 0. The molecule has 0 rings (SSSR count). The van der Waals surface area contributed by atoms with E-state index in [0.29, 0.717) is 6.42 Å². The van der Waals surface area contributed by atoms with Crippen molar-refractivity contribution in [1.29, 1.82) is 0 Å². The number of carbonyl (C=O) groups excluding carboxylic acids is 3. The van der Waals surface area contributed by atoms with E-state index in [1.54, 1.807) is 6.92 Å². The molecular weight excluding hydrogens is 232 g/mol. The molecule has 0 saturated carbocycles. The fourth-order valence-electron chi connectivity index (χ4n) is 1.54. The van der Waals surface area contributed by atoms with Gasteiger partial charge in [0.05, 0.1) is 6.61 Å². The van der Waals surface area contributed by atoms with Gasteiger partial charge in [-0.25, -0.2) is 0 Å².